The van der Waals surface area contributed by atoms with Crippen LogP contribution in [0.2, 0.25) is 0 Å². The first-order valence-corrected chi connectivity index (χ1v) is 9.10. The maximum absolute atomic E-state index is 11.6. The highest BCUT2D eigenvalue weighted by Crippen LogP contribution is 2.22. The van der Waals surface area contributed by atoms with Gasteiger partial charge in [-0.05, 0) is 44.9 Å². The van der Waals surface area contributed by atoms with Crippen LogP contribution in [0.4, 0.5) is 13.2 Å². The lowest BCUT2D eigenvalue weighted by Crippen LogP contribution is -2.05. The van der Waals surface area contributed by atoms with Crippen LogP contribution in [-0.4, -0.2) is 6.18 Å². The Bertz CT molecular complexity index is 335. The van der Waals surface area contributed by atoms with E-state index in [0.717, 1.165) is 25.7 Å². The summed E-state index contributed by atoms with van der Waals surface area (Å²) in [6, 6.07) is 0. The highest BCUT2D eigenvalue weighted by molar-refractivity contribution is 4.95. The van der Waals surface area contributed by atoms with E-state index >= 15 is 0 Å². The molecule has 0 unspecified atom stereocenters. The fraction of sp³-hybridized carbons (Fsp3) is 0.619. The van der Waals surface area contributed by atoms with Crippen LogP contribution in [0.15, 0.2) is 49.1 Å². The minimum Gasteiger partial charge on any atom is -0.171 e. The summed E-state index contributed by atoms with van der Waals surface area (Å²) in [6.45, 7) is 7.88. The largest absolute Gasteiger partial charge is 0.389 e. The molecular weight excluding hydrogens is 309 g/mol. The molecule has 0 aliphatic rings. The molecule has 0 aliphatic carbocycles. The Balaban J connectivity index is 0. The normalized spacial score (nSPS) is 12.0. The minimum absolute atomic E-state index is 0.248. The van der Waals surface area contributed by atoms with E-state index in [-0.39, 0.29) is 6.42 Å². The van der Waals surface area contributed by atoms with Crippen LogP contribution in [0.5, 0.6) is 0 Å². The Kier molecular flexibility index (Phi) is 20.6. The van der Waals surface area contributed by atoms with Gasteiger partial charge in [-0.2, -0.15) is 13.2 Å². The number of hydrogen-bond donors (Lipinski definition) is 0. The summed E-state index contributed by atoms with van der Waals surface area (Å²) in [5, 5.41) is 0. The zero-order chi connectivity index (χ0) is 18.5. The summed E-state index contributed by atoms with van der Waals surface area (Å²) in [5.74, 6) is 0. The molecule has 0 radical (unpaired) electrons. The molecular formula is C21H35F3. The summed E-state index contributed by atoms with van der Waals surface area (Å²) >= 11 is 0. The predicted octanol–water partition coefficient (Wildman–Crippen LogP) is 8.33. The zero-order valence-corrected chi connectivity index (χ0v) is 15.5. The molecule has 140 valence electrons. The van der Waals surface area contributed by atoms with Gasteiger partial charge in [-0.1, -0.05) is 69.2 Å². The second kappa shape index (κ2) is 19.8. The highest BCUT2D eigenvalue weighted by Gasteiger charge is 2.25. The van der Waals surface area contributed by atoms with E-state index in [1.165, 1.54) is 19.3 Å². The van der Waals surface area contributed by atoms with Gasteiger partial charge in [0.25, 0.3) is 0 Å². The Morgan fingerprint density at radius 3 is 1.92 bits per heavy atom. The zero-order valence-electron chi connectivity index (χ0n) is 15.5. The Morgan fingerprint density at radius 2 is 1.33 bits per heavy atom. The van der Waals surface area contributed by atoms with Gasteiger partial charge in [-0.25, -0.2) is 0 Å². The molecule has 0 N–H and O–H groups in total. The molecule has 0 aromatic rings. The summed E-state index contributed by atoms with van der Waals surface area (Å²) in [5.41, 5.74) is 0. The Hall–Kier alpha value is -1.25. The molecule has 0 amide bonds. The van der Waals surface area contributed by atoms with E-state index in [1.54, 1.807) is 0 Å². The number of unbranched alkanes of at least 4 members (excludes halogenated alkanes) is 4. The maximum Gasteiger partial charge on any atom is 0.389 e. The van der Waals surface area contributed by atoms with Gasteiger partial charge >= 0.3 is 6.18 Å². The minimum atomic E-state index is -3.98. The maximum atomic E-state index is 11.6. The number of hydrogen-bond acceptors (Lipinski definition) is 0. The van der Waals surface area contributed by atoms with Crippen molar-refractivity contribution in [2.24, 2.45) is 0 Å². The highest BCUT2D eigenvalue weighted by atomic mass is 19.4. The summed E-state index contributed by atoms with van der Waals surface area (Å²) in [4.78, 5) is 0. The van der Waals surface area contributed by atoms with Crippen molar-refractivity contribution >= 4 is 0 Å². The average Bonchev–Trinajstić information content (AvgIpc) is 2.53. The lowest BCUT2D eigenvalue weighted by atomic mass is 10.2. The van der Waals surface area contributed by atoms with Crippen molar-refractivity contribution in [3.8, 4) is 0 Å². The predicted molar refractivity (Wildman–Crippen MR) is 101 cm³/mol. The van der Waals surface area contributed by atoms with Gasteiger partial charge in [0.2, 0.25) is 0 Å². The van der Waals surface area contributed by atoms with Gasteiger partial charge < -0.3 is 0 Å². The summed E-state index contributed by atoms with van der Waals surface area (Å²) < 4.78 is 34.8. The smallest absolute Gasteiger partial charge is 0.171 e. The van der Waals surface area contributed by atoms with Gasteiger partial charge in [0.15, 0.2) is 0 Å². The van der Waals surface area contributed by atoms with Crippen molar-refractivity contribution in [2.45, 2.75) is 84.2 Å². The van der Waals surface area contributed by atoms with Crippen LogP contribution in [-0.2, 0) is 0 Å². The molecule has 0 fully saturated rings. The van der Waals surface area contributed by atoms with E-state index in [2.05, 4.69) is 37.8 Å². The molecule has 0 atom stereocenters. The summed E-state index contributed by atoms with van der Waals surface area (Å²) in [6.07, 6.45) is 18.5. The quantitative estimate of drug-likeness (QED) is 0.246. The molecule has 0 rings (SSSR count). The van der Waals surface area contributed by atoms with Crippen LogP contribution < -0.4 is 0 Å². The monoisotopic (exact) mass is 344 g/mol. The van der Waals surface area contributed by atoms with Gasteiger partial charge in [-0.15, -0.1) is 6.58 Å². The van der Waals surface area contributed by atoms with E-state index in [9.17, 15) is 13.2 Å². The van der Waals surface area contributed by atoms with E-state index in [0.29, 0.717) is 6.42 Å². The van der Waals surface area contributed by atoms with Crippen molar-refractivity contribution in [2.75, 3.05) is 0 Å². The van der Waals surface area contributed by atoms with Crippen LogP contribution in [0.1, 0.15) is 78.1 Å². The molecule has 0 saturated heterocycles. The lowest BCUT2D eigenvalue weighted by molar-refractivity contribution is -0.135. The average molecular weight is 345 g/mol. The van der Waals surface area contributed by atoms with Crippen molar-refractivity contribution in [1.82, 2.24) is 0 Å². The topological polar surface area (TPSA) is 0 Å². The number of alkyl halides is 3. The molecule has 0 aromatic heterocycles. The van der Waals surface area contributed by atoms with Crippen molar-refractivity contribution in [3.63, 3.8) is 0 Å². The Labute approximate surface area is 147 Å². The van der Waals surface area contributed by atoms with Gasteiger partial charge in [-0.3, -0.25) is 0 Å². The number of halogens is 3. The van der Waals surface area contributed by atoms with Crippen molar-refractivity contribution in [3.05, 3.63) is 49.1 Å². The SMILES string of the molecule is C=CC/C=C\C/C=C\CCCC.CC/C=C\CCCCC(F)(F)F. The first kappa shape index (κ1) is 25.0. The van der Waals surface area contributed by atoms with Gasteiger partial charge in [0.05, 0.1) is 0 Å². The van der Waals surface area contributed by atoms with E-state index in [4.69, 9.17) is 0 Å². The third-order valence-electron chi connectivity index (χ3n) is 3.12. The molecule has 0 spiro atoms. The lowest BCUT2D eigenvalue weighted by Gasteiger charge is -2.03. The molecule has 0 bridgehead atoms. The standard InChI is InChI=1S/C12H20.C9H15F3/c1-3-5-7-9-11-12-10-8-6-4-2;1-2-3-4-5-6-7-8-9(10,11)12/h3,7,9-10,12H,1,4-6,8,11H2,2H3;3-4H,2,5-8H2,1H3/b9-7-,12-10-;4-3-. The summed E-state index contributed by atoms with van der Waals surface area (Å²) in [7, 11) is 0. The first-order valence-electron chi connectivity index (χ1n) is 9.10. The molecule has 0 nitrogen and oxygen atoms in total. The molecule has 0 aromatic carbocycles. The van der Waals surface area contributed by atoms with Gasteiger partial charge in [0, 0.05) is 6.42 Å². The second-order valence-electron chi connectivity index (χ2n) is 5.59. The van der Waals surface area contributed by atoms with Crippen LogP contribution >= 0.6 is 0 Å². The fourth-order valence-electron chi connectivity index (χ4n) is 1.78. The van der Waals surface area contributed by atoms with Crippen molar-refractivity contribution in [1.29, 1.82) is 0 Å². The van der Waals surface area contributed by atoms with E-state index in [1.807, 2.05) is 25.2 Å². The Morgan fingerprint density at radius 1 is 0.750 bits per heavy atom. The van der Waals surface area contributed by atoms with Gasteiger partial charge in [0.1, 0.15) is 0 Å². The van der Waals surface area contributed by atoms with Crippen LogP contribution in [0.25, 0.3) is 0 Å². The van der Waals surface area contributed by atoms with E-state index < -0.39 is 12.6 Å². The molecule has 0 aliphatic heterocycles. The molecule has 3 heteroatoms. The third kappa shape index (κ3) is 28.8. The third-order valence-corrected chi connectivity index (χ3v) is 3.12. The van der Waals surface area contributed by atoms with Crippen LogP contribution in [0.3, 0.4) is 0 Å². The molecule has 0 saturated carbocycles. The molecule has 24 heavy (non-hydrogen) atoms. The van der Waals surface area contributed by atoms with Crippen LogP contribution in [0, 0.1) is 0 Å². The molecule has 0 heterocycles. The second-order valence-corrected chi connectivity index (χ2v) is 5.59. The van der Waals surface area contributed by atoms with Crippen molar-refractivity contribution < 1.29 is 13.2 Å². The first-order chi connectivity index (χ1) is 11.5. The fourth-order valence-corrected chi connectivity index (χ4v) is 1.78. The number of allylic oxidation sites excluding steroid dienone is 7. The number of rotatable bonds is 12.